The van der Waals surface area contributed by atoms with E-state index >= 15 is 0 Å². The van der Waals surface area contributed by atoms with Gasteiger partial charge in [-0.2, -0.15) is 0 Å². The van der Waals surface area contributed by atoms with Crippen LogP contribution in [-0.4, -0.2) is 6.10 Å². The molecule has 0 spiro atoms. The van der Waals surface area contributed by atoms with Gasteiger partial charge >= 0.3 is 0 Å². The quantitative estimate of drug-likeness (QED) is 0.623. The largest absolute Gasteiger partial charge is 0.485 e. The molecule has 2 unspecified atom stereocenters. The maximum absolute atomic E-state index is 5.98. The van der Waals surface area contributed by atoms with Crippen LogP contribution in [0.15, 0.2) is 60.9 Å². The van der Waals surface area contributed by atoms with E-state index in [1.807, 2.05) is 12.2 Å². The van der Waals surface area contributed by atoms with Crippen molar-refractivity contribution in [3.8, 4) is 5.75 Å². The SMILES string of the molecule is CC(C)(C)Cc1ccc2c(c1)C1=CC=CCC1O2.CCC(C)/C=C\C=C/N. The predicted molar refractivity (Wildman–Crippen MR) is 118 cm³/mol. The smallest absolute Gasteiger partial charge is 0.128 e. The summed E-state index contributed by atoms with van der Waals surface area (Å²) in [5, 5.41) is 0. The molecule has 27 heavy (non-hydrogen) atoms. The van der Waals surface area contributed by atoms with Gasteiger partial charge < -0.3 is 10.5 Å². The van der Waals surface area contributed by atoms with E-state index in [1.165, 1.54) is 23.1 Å². The van der Waals surface area contributed by atoms with Crippen LogP contribution in [0.25, 0.3) is 5.57 Å². The molecule has 2 aliphatic rings. The van der Waals surface area contributed by atoms with Crippen LogP contribution in [0.5, 0.6) is 5.75 Å². The van der Waals surface area contributed by atoms with Gasteiger partial charge in [0.1, 0.15) is 11.9 Å². The Bertz CT molecular complexity index is 731. The van der Waals surface area contributed by atoms with Gasteiger partial charge in [-0.1, -0.05) is 77.5 Å². The summed E-state index contributed by atoms with van der Waals surface area (Å²) in [6.45, 7) is 11.2. The van der Waals surface area contributed by atoms with Crippen molar-refractivity contribution in [2.24, 2.45) is 17.1 Å². The number of nitrogens with two attached hydrogens (primary N) is 1. The Morgan fingerprint density at radius 1 is 1.26 bits per heavy atom. The first-order chi connectivity index (χ1) is 12.8. The number of ether oxygens (including phenoxy) is 1. The van der Waals surface area contributed by atoms with Gasteiger partial charge in [-0.3, -0.25) is 0 Å². The highest BCUT2D eigenvalue weighted by Crippen LogP contribution is 2.41. The average molecular weight is 366 g/mol. The monoisotopic (exact) mass is 365 g/mol. The molecule has 0 saturated carbocycles. The number of benzene rings is 1. The van der Waals surface area contributed by atoms with E-state index < -0.39 is 0 Å². The third-order valence-electron chi connectivity index (χ3n) is 4.77. The zero-order valence-electron chi connectivity index (χ0n) is 17.5. The minimum absolute atomic E-state index is 0.245. The van der Waals surface area contributed by atoms with Crippen molar-refractivity contribution in [3.63, 3.8) is 0 Å². The summed E-state index contributed by atoms with van der Waals surface area (Å²) in [7, 11) is 0. The van der Waals surface area contributed by atoms with E-state index in [4.69, 9.17) is 10.5 Å². The van der Waals surface area contributed by atoms with Crippen LogP contribution in [0.1, 0.15) is 58.6 Å². The molecule has 0 bridgehead atoms. The van der Waals surface area contributed by atoms with Crippen molar-refractivity contribution in [2.75, 3.05) is 0 Å². The van der Waals surface area contributed by atoms with E-state index in [-0.39, 0.29) is 6.10 Å². The summed E-state index contributed by atoms with van der Waals surface area (Å²) in [5.41, 5.74) is 9.50. The van der Waals surface area contributed by atoms with E-state index in [2.05, 4.69) is 77.1 Å². The van der Waals surface area contributed by atoms with Gasteiger partial charge in [-0.25, -0.2) is 0 Å². The fourth-order valence-corrected chi connectivity index (χ4v) is 3.22. The third-order valence-corrected chi connectivity index (χ3v) is 4.77. The summed E-state index contributed by atoms with van der Waals surface area (Å²) < 4.78 is 5.98. The van der Waals surface area contributed by atoms with Gasteiger partial charge in [-0.15, -0.1) is 0 Å². The lowest BCUT2D eigenvalue weighted by molar-refractivity contribution is 0.279. The van der Waals surface area contributed by atoms with Gasteiger partial charge in [-0.05, 0) is 47.7 Å². The lowest BCUT2D eigenvalue weighted by atomic mass is 9.86. The molecular weight excluding hydrogens is 330 g/mol. The van der Waals surface area contributed by atoms with E-state index in [1.54, 1.807) is 6.20 Å². The number of hydrogen-bond donors (Lipinski definition) is 1. The van der Waals surface area contributed by atoms with Crippen LogP contribution in [-0.2, 0) is 6.42 Å². The molecule has 1 heterocycles. The van der Waals surface area contributed by atoms with Crippen LogP contribution in [0.2, 0.25) is 0 Å². The molecule has 2 nitrogen and oxygen atoms in total. The van der Waals surface area contributed by atoms with Crippen LogP contribution < -0.4 is 10.5 Å². The highest BCUT2D eigenvalue weighted by Gasteiger charge is 2.29. The molecule has 0 amide bonds. The summed E-state index contributed by atoms with van der Waals surface area (Å²) in [5.74, 6) is 1.72. The lowest BCUT2D eigenvalue weighted by Gasteiger charge is -2.18. The minimum Gasteiger partial charge on any atom is -0.485 e. The van der Waals surface area contributed by atoms with Crippen molar-refractivity contribution in [1.82, 2.24) is 0 Å². The molecule has 2 N–H and O–H groups in total. The van der Waals surface area contributed by atoms with Crippen molar-refractivity contribution in [1.29, 1.82) is 0 Å². The van der Waals surface area contributed by atoms with Crippen LogP contribution in [0.3, 0.4) is 0 Å². The second-order valence-corrected chi connectivity index (χ2v) is 8.62. The molecule has 1 aromatic rings. The minimum atomic E-state index is 0.245. The van der Waals surface area contributed by atoms with Crippen LogP contribution in [0.4, 0.5) is 0 Å². The second-order valence-electron chi connectivity index (χ2n) is 8.62. The molecule has 2 heteroatoms. The Morgan fingerprint density at radius 2 is 2.04 bits per heavy atom. The Labute approximate surface area is 165 Å². The average Bonchev–Trinajstić information content (AvgIpc) is 2.99. The summed E-state index contributed by atoms with van der Waals surface area (Å²) in [6, 6.07) is 6.65. The first-order valence-electron chi connectivity index (χ1n) is 10.1. The van der Waals surface area contributed by atoms with Gasteiger partial charge in [0, 0.05) is 17.6 Å². The lowest BCUT2D eigenvalue weighted by Crippen LogP contribution is -2.12. The zero-order valence-corrected chi connectivity index (χ0v) is 17.5. The van der Waals surface area contributed by atoms with Crippen molar-refractivity contribution in [3.05, 3.63) is 72.0 Å². The molecule has 1 aliphatic heterocycles. The number of rotatable bonds is 4. The Morgan fingerprint density at radius 3 is 2.70 bits per heavy atom. The third kappa shape index (κ3) is 6.46. The molecule has 3 rings (SSSR count). The van der Waals surface area contributed by atoms with Crippen LogP contribution in [0, 0.1) is 11.3 Å². The van der Waals surface area contributed by atoms with Gasteiger partial charge in [0.05, 0.1) is 0 Å². The van der Waals surface area contributed by atoms with Crippen molar-refractivity contribution in [2.45, 2.75) is 60.0 Å². The normalized spacial score (nSPS) is 19.1. The standard InChI is InChI=1S/C17H20O.C8H15N/c1-17(2,3)11-12-8-9-16-14(10-12)13-6-4-5-7-15(13)18-16;1-3-8(2)6-4-5-7-9/h4-6,8-10,15H,7,11H2,1-3H3;4-8H,3,9H2,1-2H3/b;6-4-,7-5-. The molecular formula is C25H35NO. The summed E-state index contributed by atoms with van der Waals surface area (Å²) in [4.78, 5) is 0. The molecule has 2 atom stereocenters. The van der Waals surface area contributed by atoms with Crippen LogP contribution >= 0.6 is 0 Å². The Kier molecular flexibility index (Phi) is 7.53. The van der Waals surface area contributed by atoms with Gasteiger partial charge in [0.2, 0.25) is 0 Å². The maximum Gasteiger partial charge on any atom is 0.128 e. The molecule has 0 radical (unpaired) electrons. The topological polar surface area (TPSA) is 35.2 Å². The van der Waals surface area contributed by atoms with Crippen molar-refractivity contribution >= 4 is 5.57 Å². The molecule has 0 aromatic heterocycles. The Hall–Kier alpha value is -2.22. The first kappa shape index (κ1) is 21.1. The Balaban J connectivity index is 0.000000249. The molecule has 1 aliphatic carbocycles. The molecule has 0 saturated heterocycles. The predicted octanol–water partition coefficient (Wildman–Crippen LogP) is 6.44. The summed E-state index contributed by atoms with van der Waals surface area (Å²) >= 11 is 0. The highest BCUT2D eigenvalue weighted by molar-refractivity contribution is 5.79. The fourth-order valence-electron chi connectivity index (χ4n) is 3.22. The number of hydrogen-bond acceptors (Lipinski definition) is 2. The molecule has 146 valence electrons. The maximum atomic E-state index is 5.98. The zero-order chi connectivity index (χ0) is 19.9. The van der Waals surface area contributed by atoms with Crippen molar-refractivity contribution < 1.29 is 4.74 Å². The number of allylic oxidation sites excluding steroid dienone is 5. The van der Waals surface area contributed by atoms with E-state index in [9.17, 15) is 0 Å². The van der Waals surface area contributed by atoms with E-state index in [0.717, 1.165) is 18.6 Å². The van der Waals surface area contributed by atoms with E-state index in [0.29, 0.717) is 11.3 Å². The second kappa shape index (κ2) is 9.64. The molecule has 1 aromatic carbocycles. The highest BCUT2D eigenvalue weighted by atomic mass is 16.5. The molecule has 0 fully saturated rings. The summed E-state index contributed by atoms with van der Waals surface area (Å²) in [6.07, 6.45) is 17.5. The fraction of sp³-hybridized carbons (Fsp3) is 0.440. The number of fused-ring (bicyclic) bond motifs is 3. The first-order valence-corrected chi connectivity index (χ1v) is 10.1. The van der Waals surface area contributed by atoms with Gasteiger partial charge in [0.25, 0.3) is 0 Å². The van der Waals surface area contributed by atoms with Gasteiger partial charge in [0.15, 0.2) is 0 Å².